The molecule has 0 bridgehead atoms. The third-order valence-electron chi connectivity index (χ3n) is 3.75. The minimum absolute atomic E-state index is 0. The Morgan fingerprint density at radius 1 is 1.38 bits per heavy atom. The molecule has 1 aliphatic rings. The van der Waals surface area contributed by atoms with Gasteiger partial charge in [0.15, 0.2) is 5.96 Å². The molecule has 1 unspecified atom stereocenters. The zero-order valence-corrected chi connectivity index (χ0v) is 15.2. The third kappa shape index (κ3) is 5.53. The van der Waals surface area contributed by atoms with Crippen LogP contribution in [0.1, 0.15) is 38.7 Å². The molecule has 1 aliphatic heterocycles. The van der Waals surface area contributed by atoms with E-state index in [1.54, 1.807) is 7.05 Å². The zero-order valence-electron chi connectivity index (χ0n) is 14.4. The number of halogens is 1. The second kappa shape index (κ2) is 9.93. The van der Waals surface area contributed by atoms with Crippen molar-refractivity contribution in [3.05, 3.63) is 29.8 Å². The van der Waals surface area contributed by atoms with Gasteiger partial charge in [-0.15, -0.1) is 12.4 Å². The minimum Gasteiger partial charge on any atom is -0.356 e. The van der Waals surface area contributed by atoms with E-state index >= 15 is 0 Å². The number of nitrogens with one attached hydrogen (secondary N) is 3. The molecule has 0 saturated heterocycles. The fourth-order valence-corrected chi connectivity index (χ4v) is 2.43. The molecule has 1 atom stereocenters. The summed E-state index contributed by atoms with van der Waals surface area (Å²) in [6.07, 6.45) is 2.74. The highest BCUT2D eigenvalue weighted by molar-refractivity contribution is 6.06. The van der Waals surface area contributed by atoms with Crippen LogP contribution in [0, 0.1) is 5.92 Å². The van der Waals surface area contributed by atoms with Crippen LogP contribution in [0.2, 0.25) is 0 Å². The average molecular weight is 352 g/mol. The van der Waals surface area contributed by atoms with Gasteiger partial charge in [-0.3, -0.25) is 9.79 Å². The quantitative estimate of drug-likeness (QED) is 0.433. The summed E-state index contributed by atoms with van der Waals surface area (Å²) in [6, 6.07) is 8.00. The number of anilines is 1. The van der Waals surface area contributed by atoms with E-state index in [1.165, 1.54) is 0 Å². The molecule has 1 heterocycles. The highest BCUT2D eigenvalue weighted by atomic mass is 35.5. The lowest BCUT2D eigenvalue weighted by Gasteiger charge is -2.19. The highest BCUT2D eigenvalue weighted by Crippen LogP contribution is 2.18. The van der Waals surface area contributed by atoms with Gasteiger partial charge in [-0.25, -0.2) is 5.43 Å². The summed E-state index contributed by atoms with van der Waals surface area (Å²) in [4.78, 5) is 15.5. The van der Waals surface area contributed by atoms with Crippen LogP contribution < -0.4 is 16.1 Å². The summed E-state index contributed by atoms with van der Waals surface area (Å²) in [5.41, 5.74) is 5.46. The Morgan fingerprint density at radius 3 is 2.67 bits per heavy atom. The summed E-state index contributed by atoms with van der Waals surface area (Å²) in [5, 5.41) is 10.7. The predicted molar refractivity (Wildman–Crippen MR) is 102 cm³/mol. The second-order valence-corrected chi connectivity index (χ2v) is 5.69. The molecule has 3 N–H and O–H groups in total. The number of nitrogens with zero attached hydrogens (tertiary/aromatic N) is 2. The molecule has 0 aromatic heterocycles. The standard InChI is InChI=1S/C17H25N5O.ClH/c1-4-5-10-19-17(18-3)20-14-8-6-13(7-9-14)16-12(2)11-15(23)21-22-16;/h6-9,12H,4-5,10-11H2,1-3H3,(H,21,23)(H2,18,19,20);1H. The molecule has 24 heavy (non-hydrogen) atoms. The first-order chi connectivity index (χ1) is 11.1. The third-order valence-corrected chi connectivity index (χ3v) is 3.75. The number of guanidine groups is 1. The molecule has 0 radical (unpaired) electrons. The van der Waals surface area contributed by atoms with Crippen molar-refractivity contribution in [1.82, 2.24) is 10.7 Å². The molecule has 2 rings (SSSR count). The molecule has 132 valence electrons. The molecule has 1 aromatic rings. The van der Waals surface area contributed by atoms with Crippen molar-refractivity contribution in [3.63, 3.8) is 0 Å². The van der Waals surface area contributed by atoms with E-state index in [1.807, 2.05) is 31.2 Å². The van der Waals surface area contributed by atoms with Gasteiger partial charge in [0.05, 0.1) is 5.71 Å². The van der Waals surface area contributed by atoms with E-state index < -0.39 is 0 Å². The van der Waals surface area contributed by atoms with Crippen LogP contribution in [0.25, 0.3) is 0 Å². The fraction of sp³-hybridized carbons (Fsp3) is 0.471. The normalized spacial score (nSPS) is 17.5. The zero-order chi connectivity index (χ0) is 16.7. The number of amides is 1. The molecule has 7 heteroatoms. The number of carbonyl (C=O) groups is 1. The second-order valence-electron chi connectivity index (χ2n) is 5.69. The molecule has 1 aromatic carbocycles. The van der Waals surface area contributed by atoms with Gasteiger partial charge in [-0.2, -0.15) is 5.10 Å². The number of aliphatic imine (C=N–C) groups is 1. The van der Waals surface area contributed by atoms with Crippen LogP contribution in [0.5, 0.6) is 0 Å². The first-order valence-electron chi connectivity index (χ1n) is 8.08. The Kier molecular flexibility index (Phi) is 8.26. The van der Waals surface area contributed by atoms with Crippen molar-refractivity contribution in [2.24, 2.45) is 16.0 Å². The Morgan fingerprint density at radius 2 is 2.08 bits per heavy atom. The van der Waals surface area contributed by atoms with Crippen LogP contribution in [-0.4, -0.2) is 31.2 Å². The van der Waals surface area contributed by atoms with Crippen molar-refractivity contribution in [2.75, 3.05) is 18.9 Å². The summed E-state index contributed by atoms with van der Waals surface area (Å²) < 4.78 is 0. The summed E-state index contributed by atoms with van der Waals surface area (Å²) in [5.74, 6) is 0.870. The maximum Gasteiger partial charge on any atom is 0.240 e. The van der Waals surface area contributed by atoms with Gasteiger partial charge in [-0.1, -0.05) is 32.4 Å². The lowest BCUT2D eigenvalue weighted by molar-refractivity contribution is -0.121. The van der Waals surface area contributed by atoms with Gasteiger partial charge in [0.25, 0.3) is 0 Å². The number of benzene rings is 1. The molecule has 6 nitrogen and oxygen atoms in total. The maximum absolute atomic E-state index is 11.3. The van der Waals surface area contributed by atoms with Crippen molar-refractivity contribution >= 4 is 35.7 Å². The van der Waals surface area contributed by atoms with Crippen molar-refractivity contribution in [3.8, 4) is 0 Å². The number of hydrogen-bond donors (Lipinski definition) is 3. The van der Waals surface area contributed by atoms with Crippen LogP contribution in [-0.2, 0) is 4.79 Å². The van der Waals surface area contributed by atoms with E-state index in [9.17, 15) is 4.79 Å². The van der Waals surface area contributed by atoms with E-state index in [4.69, 9.17) is 0 Å². The van der Waals surface area contributed by atoms with Gasteiger partial charge in [0, 0.05) is 31.6 Å². The van der Waals surface area contributed by atoms with Gasteiger partial charge in [-0.05, 0) is 24.1 Å². The van der Waals surface area contributed by atoms with E-state index in [-0.39, 0.29) is 24.2 Å². The highest BCUT2D eigenvalue weighted by Gasteiger charge is 2.21. The first kappa shape index (κ1) is 20.0. The summed E-state index contributed by atoms with van der Waals surface area (Å²) >= 11 is 0. The Labute approximate surface area is 149 Å². The van der Waals surface area contributed by atoms with Crippen molar-refractivity contribution in [1.29, 1.82) is 0 Å². The molecule has 0 fully saturated rings. The topological polar surface area (TPSA) is 77.9 Å². The van der Waals surface area contributed by atoms with Crippen molar-refractivity contribution in [2.45, 2.75) is 33.1 Å². The lowest BCUT2D eigenvalue weighted by atomic mass is 9.94. The Balaban J connectivity index is 0.00000288. The van der Waals surface area contributed by atoms with Gasteiger partial charge >= 0.3 is 0 Å². The van der Waals surface area contributed by atoms with Gasteiger partial charge in [0.1, 0.15) is 0 Å². The SMILES string of the molecule is CCCCNC(=NC)Nc1ccc(C2=NNC(=O)CC2C)cc1.Cl. The number of rotatable bonds is 5. The van der Waals surface area contributed by atoms with Gasteiger partial charge < -0.3 is 10.6 Å². The fourth-order valence-electron chi connectivity index (χ4n) is 2.43. The molecular formula is C17H26ClN5O. The number of hydrazone groups is 1. The average Bonchev–Trinajstić information content (AvgIpc) is 2.55. The number of carbonyl (C=O) groups excluding carboxylic acids is 1. The summed E-state index contributed by atoms with van der Waals surface area (Å²) in [7, 11) is 1.76. The largest absolute Gasteiger partial charge is 0.356 e. The van der Waals surface area contributed by atoms with Crippen LogP contribution in [0.3, 0.4) is 0 Å². The van der Waals surface area contributed by atoms with Crippen LogP contribution in [0.4, 0.5) is 5.69 Å². The van der Waals surface area contributed by atoms with Crippen LogP contribution >= 0.6 is 12.4 Å². The smallest absolute Gasteiger partial charge is 0.240 e. The van der Waals surface area contributed by atoms with E-state index in [0.29, 0.717) is 6.42 Å². The van der Waals surface area contributed by atoms with E-state index in [0.717, 1.165) is 42.3 Å². The van der Waals surface area contributed by atoms with Crippen molar-refractivity contribution < 1.29 is 4.79 Å². The molecule has 0 aliphatic carbocycles. The predicted octanol–water partition coefficient (Wildman–Crippen LogP) is 2.76. The Hall–Kier alpha value is -2.08. The van der Waals surface area contributed by atoms with Crippen LogP contribution in [0.15, 0.2) is 34.4 Å². The molecule has 0 spiro atoms. The molecular weight excluding hydrogens is 326 g/mol. The Bertz CT molecular complexity index is 598. The number of hydrogen-bond acceptors (Lipinski definition) is 3. The molecule has 1 amide bonds. The molecule has 0 saturated carbocycles. The minimum atomic E-state index is -0.0264. The lowest BCUT2D eigenvalue weighted by Crippen LogP contribution is -2.32. The maximum atomic E-state index is 11.3. The summed E-state index contributed by atoms with van der Waals surface area (Å²) in [6.45, 7) is 5.08. The number of unbranched alkanes of at least 4 members (excludes halogenated alkanes) is 1. The first-order valence-corrected chi connectivity index (χ1v) is 8.08. The van der Waals surface area contributed by atoms with Gasteiger partial charge in [0.2, 0.25) is 5.91 Å². The van der Waals surface area contributed by atoms with E-state index in [2.05, 4.69) is 33.1 Å². The monoisotopic (exact) mass is 351 g/mol.